The average molecular weight is 189 g/mol. The van der Waals surface area contributed by atoms with Gasteiger partial charge in [0.2, 0.25) is 0 Å². The summed E-state index contributed by atoms with van der Waals surface area (Å²) < 4.78 is 0. The largest absolute Gasteiger partial charge is 0.396 e. The van der Waals surface area contributed by atoms with Crippen molar-refractivity contribution in [2.24, 2.45) is 0 Å². The number of hydrogen-bond donors (Lipinski definition) is 4. The van der Waals surface area contributed by atoms with Crippen LogP contribution in [0.2, 0.25) is 0 Å². The van der Waals surface area contributed by atoms with E-state index in [2.05, 4.69) is 5.32 Å². The maximum Gasteiger partial charge on any atom is 0.0964 e. The Balaban J connectivity index is 2.08. The molecule has 78 valence electrons. The normalized spacial score (nSPS) is 33.9. The maximum atomic E-state index is 9.45. The Morgan fingerprint density at radius 3 is 2.46 bits per heavy atom. The van der Waals surface area contributed by atoms with Gasteiger partial charge in [-0.05, 0) is 12.8 Å². The van der Waals surface area contributed by atoms with Gasteiger partial charge >= 0.3 is 0 Å². The molecule has 4 nitrogen and oxygen atoms in total. The van der Waals surface area contributed by atoms with Gasteiger partial charge in [0.1, 0.15) is 0 Å². The minimum atomic E-state index is -0.617. The standard InChI is InChI=1S/C9H19NO3/c11-5-3-1-2-4-7-9(13)8(12)6-10-7/h7-13H,1-6H2/t7-,8-,9-/m1/s1. The van der Waals surface area contributed by atoms with Gasteiger partial charge in [-0.1, -0.05) is 12.8 Å². The lowest BCUT2D eigenvalue weighted by Crippen LogP contribution is -2.32. The third-order valence-electron chi connectivity index (χ3n) is 2.57. The molecule has 13 heavy (non-hydrogen) atoms. The smallest absolute Gasteiger partial charge is 0.0964 e. The van der Waals surface area contributed by atoms with E-state index < -0.39 is 12.2 Å². The van der Waals surface area contributed by atoms with Crippen molar-refractivity contribution in [3.63, 3.8) is 0 Å². The average Bonchev–Trinajstić information content (AvgIpc) is 2.43. The SMILES string of the molecule is OCCCCC[C@H]1NC[C@@H](O)[C@@H]1O. The quantitative estimate of drug-likeness (QED) is 0.429. The second-order valence-corrected chi connectivity index (χ2v) is 3.65. The van der Waals surface area contributed by atoms with E-state index in [1.54, 1.807) is 0 Å². The molecule has 3 atom stereocenters. The molecule has 0 bridgehead atoms. The van der Waals surface area contributed by atoms with Crippen LogP contribution in [0.4, 0.5) is 0 Å². The zero-order valence-electron chi connectivity index (χ0n) is 7.82. The molecule has 1 rings (SSSR count). The molecule has 0 aliphatic carbocycles. The first-order valence-electron chi connectivity index (χ1n) is 4.96. The fraction of sp³-hybridized carbons (Fsp3) is 1.00. The van der Waals surface area contributed by atoms with E-state index in [4.69, 9.17) is 5.11 Å². The van der Waals surface area contributed by atoms with Gasteiger partial charge in [0.05, 0.1) is 12.2 Å². The highest BCUT2D eigenvalue weighted by molar-refractivity contribution is 4.89. The fourth-order valence-electron chi connectivity index (χ4n) is 1.71. The number of rotatable bonds is 5. The Bertz CT molecular complexity index is 143. The zero-order chi connectivity index (χ0) is 9.68. The Kier molecular flexibility index (Phi) is 4.66. The highest BCUT2D eigenvalue weighted by Crippen LogP contribution is 2.14. The molecule has 0 unspecified atom stereocenters. The molecule has 4 N–H and O–H groups in total. The van der Waals surface area contributed by atoms with E-state index in [1.165, 1.54) is 0 Å². The Hall–Kier alpha value is -0.160. The van der Waals surface area contributed by atoms with E-state index in [9.17, 15) is 10.2 Å². The minimum absolute atomic E-state index is 0.0358. The van der Waals surface area contributed by atoms with Crippen LogP contribution in [0.3, 0.4) is 0 Å². The first kappa shape index (κ1) is 10.9. The molecule has 1 aliphatic heterocycles. The first-order chi connectivity index (χ1) is 6.25. The second-order valence-electron chi connectivity index (χ2n) is 3.65. The molecule has 1 heterocycles. The molecule has 0 spiro atoms. The van der Waals surface area contributed by atoms with Crippen LogP contribution in [-0.2, 0) is 0 Å². The lowest BCUT2D eigenvalue weighted by molar-refractivity contribution is 0.0388. The monoisotopic (exact) mass is 189 g/mol. The molecule has 1 fully saturated rings. The number of nitrogens with one attached hydrogen (secondary N) is 1. The van der Waals surface area contributed by atoms with Crippen LogP contribution in [0.1, 0.15) is 25.7 Å². The number of unbranched alkanes of at least 4 members (excludes halogenated alkanes) is 2. The lowest BCUT2D eigenvalue weighted by Gasteiger charge is -2.15. The van der Waals surface area contributed by atoms with E-state index in [1.807, 2.05) is 0 Å². The topological polar surface area (TPSA) is 72.7 Å². The van der Waals surface area contributed by atoms with E-state index in [0.29, 0.717) is 6.54 Å². The van der Waals surface area contributed by atoms with Gasteiger partial charge in [-0.3, -0.25) is 0 Å². The molecular formula is C9H19NO3. The van der Waals surface area contributed by atoms with Gasteiger partial charge in [-0.25, -0.2) is 0 Å². The number of hydrogen-bond acceptors (Lipinski definition) is 4. The van der Waals surface area contributed by atoms with Gasteiger partial charge < -0.3 is 20.6 Å². The highest BCUT2D eigenvalue weighted by Gasteiger charge is 2.31. The summed E-state index contributed by atoms with van der Waals surface area (Å²) in [5.74, 6) is 0. The van der Waals surface area contributed by atoms with Crippen LogP contribution < -0.4 is 5.32 Å². The van der Waals surface area contributed by atoms with Crippen LogP contribution in [0.25, 0.3) is 0 Å². The van der Waals surface area contributed by atoms with Crippen molar-refractivity contribution < 1.29 is 15.3 Å². The zero-order valence-corrected chi connectivity index (χ0v) is 7.82. The van der Waals surface area contributed by atoms with Crippen molar-refractivity contribution in [2.75, 3.05) is 13.2 Å². The third-order valence-corrected chi connectivity index (χ3v) is 2.57. The maximum absolute atomic E-state index is 9.45. The second kappa shape index (κ2) is 5.54. The summed E-state index contributed by atoms with van der Waals surface area (Å²) in [6.45, 7) is 0.731. The highest BCUT2D eigenvalue weighted by atomic mass is 16.3. The molecule has 0 radical (unpaired) electrons. The van der Waals surface area contributed by atoms with Crippen LogP contribution in [0, 0.1) is 0 Å². The van der Waals surface area contributed by atoms with Crippen molar-refractivity contribution in [3.05, 3.63) is 0 Å². The Morgan fingerprint density at radius 2 is 1.92 bits per heavy atom. The molecule has 4 heteroatoms. The fourth-order valence-corrected chi connectivity index (χ4v) is 1.71. The van der Waals surface area contributed by atoms with Gasteiger partial charge in [-0.15, -0.1) is 0 Å². The van der Waals surface area contributed by atoms with Crippen LogP contribution in [0.5, 0.6) is 0 Å². The van der Waals surface area contributed by atoms with Gasteiger partial charge in [0, 0.05) is 19.2 Å². The van der Waals surface area contributed by atoms with E-state index >= 15 is 0 Å². The molecular weight excluding hydrogens is 170 g/mol. The summed E-state index contributed by atoms with van der Waals surface area (Å²) in [6, 6.07) is 0.0358. The summed E-state index contributed by atoms with van der Waals surface area (Å²) in [6.07, 6.45) is 2.44. The number of β-amino-alcohol motifs (C(OH)–C–C–N with tert-alkyl or cyclic N) is 1. The Morgan fingerprint density at radius 1 is 1.15 bits per heavy atom. The van der Waals surface area contributed by atoms with Crippen molar-refractivity contribution >= 4 is 0 Å². The molecule has 0 amide bonds. The van der Waals surface area contributed by atoms with Crippen LogP contribution in [0.15, 0.2) is 0 Å². The van der Waals surface area contributed by atoms with Crippen molar-refractivity contribution in [1.82, 2.24) is 5.32 Å². The molecule has 0 aromatic rings. The number of aliphatic hydroxyl groups is 3. The van der Waals surface area contributed by atoms with Crippen molar-refractivity contribution in [1.29, 1.82) is 0 Å². The predicted octanol–water partition coefficient (Wildman–Crippen LogP) is -0.767. The summed E-state index contributed by atoms with van der Waals surface area (Å²) >= 11 is 0. The molecule has 0 aromatic carbocycles. The van der Waals surface area contributed by atoms with Crippen molar-refractivity contribution in [2.45, 2.75) is 43.9 Å². The van der Waals surface area contributed by atoms with E-state index in [0.717, 1.165) is 25.7 Å². The summed E-state index contributed by atoms with van der Waals surface area (Å²) in [5.41, 5.74) is 0. The number of aliphatic hydroxyl groups excluding tert-OH is 3. The third kappa shape index (κ3) is 3.23. The summed E-state index contributed by atoms with van der Waals surface area (Å²) in [5, 5.41) is 30.3. The lowest BCUT2D eigenvalue weighted by atomic mass is 10.0. The predicted molar refractivity (Wildman–Crippen MR) is 49.4 cm³/mol. The Labute approximate surface area is 78.6 Å². The molecule has 1 aliphatic rings. The summed E-state index contributed by atoms with van der Waals surface area (Å²) in [4.78, 5) is 0. The minimum Gasteiger partial charge on any atom is -0.396 e. The van der Waals surface area contributed by atoms with Crippen LogP contribution in [-0.4, -0.2) is 46.7 Å². The molecule has 0 saturated carbocycles. The molecule has 1 saturated heterocycles. The van der Waals surface area contributed by atoms with Crippen LogP contribution >= 0.6 is 0 Å². The van der Waals surface area contributed by atoms with E-state index in [-0.39, 0.29) is 12.6 Å². The first-order valence-corrected chi connectivity index (χ1v) is 4.96. The van der Waals surface area contributed by atoms with Crippen molar-refractivity contribution in [3.8, 4) is 0 Å². The van der Waals surface area contributed by atoms with Gasteiger partial charge in [-0.2, -0.15) is 0 Å². The van der Waals surface area contributed by atoms with Gasteiger partial charge in [0.15, 0.2) is 0 Å². The van der Waals surface area contributed by atoms with Gasteiger partial charge in [0.25, 0.3) is 0 Å². The molecule has 0 aromatic heterocycles. The summed E-state index contributed by atoms with van der Waals surface area (Å²) in [7, 11) is 0.